The van der Waals surface area contributed by atoms with E-state index in [0.717, 1.165) is 35.3 Å². The van der Waals surface area contributed by atoms with Gasteiger partial charge in [0, 0.05) is 11.6 Å². The molecule has 0 amide bonds. The van der Waals surface area contributed by atoms with Crippen LogP contribution >= 0.6 is 0 Å². The number of nitrogens with zero attached hydrogens (tertiary/aromatic N) is 1. The third-order valence-electron chi connectivity index (χ3n) is 4.59. The molecule has 6 heteroatoms. The van der Waals surface area contributed by atoms with Crippen molar-refractivity contribution in [1.29, 1.82) is 0 Å². The number of phenolic OH excluding ortho intramolecular Hbond substituents is 1. The molecule has 1 aliphatic rings. The first kappa shape index (κ1) is 17.3. The predicted molar refractivity (Wildman–Crippen MR) is 101 cm³/mol. The highest BCUT2D eigenvalue weighted by molar-refractivity contribution is 5.83. The van der Waals surface area contributed by atoms with Crippen LogP contribution in [0.2, 0.25) is 0 Å². The Morgan fingerprint density at radius 1 is 1.07 bits per heavy atom. The van der Waals surface area contributed by atoms with E-state index >= 15 is 0 Å². The molecule has 4 rings (SSSR count). The number of aromatic hydroxyl groups is 1. The molecule has 0 unspecified atom stereocenters. The fourth-order valence-corrected chi connectivity index (χ4v) is 3.30. The van der Waals surface area contributed by atoms with Crippen LogP contribution in [0.1, 0.15) is 18.9 Å². The van der Waals surface area contributed by atoms with Gasteiger partial charge in [0.05, 0.1) is 18.9 Å². The van der Waals surface area contributed by atoms with E-state index in [1.807, 2.05) is 24.3 Å². The van der Waals surface area contributed by atoms with Gasteiger partial charge in [0.25, 0.3) is 0 Å². The van der Waals surface area contributed by atoms with Gasteiger partial charge in [-0.25, -0.2) is 0 Å². The van der Waals surface area contributed by atoms with Gasteiger partial charge in [0.2, 0.25) is 0 Å². The van der Waals surface area contributed by atoms with Crippen LogP contribution in [0.3, 0.4) is 0 Å². The smallest absolute Gasteiger partial charge is 0.178 e. The number of benzene rings is 2. The highest BCUT2D eigenvalue weighted by Crippen LogP contribution is 2.42. The molecule has 0 radical (unpaired) electrons. The summed E-state index contributed by atoms with van der Waals surface area (Å²) in [6.45, 7) is 3.17. The molecule has 2 heterocycles. The zero-order chi connectivity index (χ0) is 18.8. The number of hydrogen-bond acceptors (Lipinski definition) is 6. The van der Waals surface area contributed by atoms with Gasteiger partial charge in [-0.3, -0.25) is 0 Å². The second kappa shape index (κ2) is 7.23. The summed E-state index contributed by atoms with van der Waals surface area (Å²) in [6, 6.07) is 9.22. The van der Waals surface area contributed by atoms with E-state index in [2.05, 4.69) is 12.1 Å². The lowest BCUT2D eigenvalue weighted by molar-refractivity contribution is 0.171. The predicted octanol–water partition coefficient (Wildman–Crippen LogP) is 4.45. The first-order valence-electron chi connectivity index (χ1n) is 8.96. The number of methoxy groups -OCH3 is 1. The maximum Gasteiger partial charge on any atom is 0.178 e. The van der Waals surface area contributed by atoms with Gasteiger partial charge in [-0.05, 0) is 35.7 Å². The Balaban J connectivity index is 1.79. The molecule has 140 valence electrons. The molecule has 0 saturated heterocycles. The number of fused-ring (bicyclic) bond motifs is 1. The first-order valence-corrected chi connectivity index (χ1v) is 8.96. The first-order chi connectivity index (χ1) is 13.2. The van der Waals surface area contributed by atoms with Gasteiger partial charge >= 0.3 is 0 Å². The number of ether oxygens (including phenoxy) is 3. The molecule has 0 spiro atoms. The summed E-state index contributed by atoms with van der Waals surface area (Å²) < 4.78 is 22.2. The van der Waals surface area contributed by atoms with E-state index in [4.69, 9.17) is 18.7 Å². The van der Waals surface area contributed by atoms with Crippen molar-refractivity contribution in [2.24, 2.45) is 0 Å². The van der Waals surface area contributed by atoms with Crippen molar-refractivity contribution in [3.8, 4) is 45.4 Å². The van der Waals surface area contributed by atoms with E-state index in [1.165, 1.54) is 0 Å². The quantitative estimate of drug-likeness (QED) is 0.718. The summed E-state index contributed by atoms with van der Waals surface area (Å²) in [5, 5.41) is 14.5. The SMILES string of the molecule is CCCc1cc(-c2oncc2-c2ccc3c(c2)OCCO3)c(O)cc1OC. The van der Waals surface area contributed by atoms with Crippen molar-refractivity contribution in [3.05, 3.63) is 42.1 Å². The summed E-state index contributed by atoms with van der Waals surface area (Å²) in [5.74, 6) is 2.67. The van der Waals surface area contributed by atoms with E-state index in [1.54, 1.807) is 19.4 Å². The van der Waals surface area contributed by atoms with Crippen LogP contribution in [0.5, 0.6) is 23.0 Å². The summed E-state index contributed by atoms with van der Waals surface area (Å²) in [4.78, 5) is 0. The molecule has 0 bridgehead atoms. The molecule has 6 nitrogen and oxygen atoms in total. The molecule has 1 aromatic heterocycles. The maximum absolute atomic E-state index is 10.5. The molecular weight excluding hydrogens is 346 g/mol. The van der Waals surface area contributed by atoms with E-state index in [-0.39, 0.29) is 5.75 Å². The van der Waals surface area contributed by atoms with Gasteiger partial charge in [-0.15, -0.1) is 0 Å². The fourth-order valence-electron chi connectivity index (χ4n) is 3.30. The van der Waals surface area contributed by atoms with Crippen molar-refractivity contribution < 1.29 is 23.8 Å². The monoisotopic (exact) mass is 367 g/mol. The number of phenols is 1. The van der Waals surface area contributed by atoms with E-state index < -0.39 is 0 Å². The zero-order valence-corrected chi connectivity index (χ0v) is 15.3. The highest BCUT2D eigenvalue weighted by Gasteiger charge is 2.21. The van der Waals surface area contributed by atoms with Crippen LogP contribution in [0, 0.1) is 0 Å². The normalized spacial score (nSPS) is 12.8. The lowest BCUT2D eigenvalue weighted by Crippen LogP contribution is -2.15. The standard InChI is InChI=1S/C21H21NO5/c1-3-4-14-9-15(17(23)11-19(14)24-2)21-16(12-22-27-21)13-5-6-18-20(10-13)26-8-7-25-18/h5-6,9-12,23H,3-4,7-8H2,1-2H3. The van der Waals surface area contributed by atoms with Gasteiger partial charge < -0.3 is 23.8 Å². The van der Waals surface area contributed by atoms with Gasteiger partial charge in [-0.2, -0.15) is 0 Å². The van der Waals surface area contributed by atoms with Crippen LogP contribution < -0.4 is 14.2 Å². The maximum atomic E-state index is 10.5. The lowest BCUT2D eigenvalue weighted by Gasteiger charge is -2.18. The van der Waals surface area contributed by atoms with Crippen molar-refractivity contribution in [2.75, 3.05) is 20.3 Å². The zero-order valence-electron chi connectivity index (χ0n) is 15.3. The largest absolute Gasteiger partial charge is 0.507 e. The van der Waals surface area contributed by atoms with Crippen LogP contribution in [0.25, 0.3) is 22.5 Å². The Kier molecular flexibility index (Phi) is 4.62. The van der Waals surface area contributed by atoms with E-state index in [0.29, 0.717) is 36.0 Å². The third-order valence-corrected chi connectivity index (χ3v) is 4.59. The minimum Gasteiger partial charge on any atom is -0.507 e. The Morgan fingerprint density at radius 3 is 2.67 bits per heavy atom. The number of rotatable bonds is 5. The van der Waals surface area contributed by atoms with Crippen molar-refractivity contribution in [2.45, 2.75) is 19.8 Å². The van der Waals surface area contributed by atoms with Gasteiger partial charge in [0.1, 0.15) is 24.7 Å². The molecule has 0 fully saturated rings. The lowest BCUT2D eigenvalue weighted by atomic mass is 9.98. The summed E-state index contributed by atoms with van der Waals surface area (Å²) >= 11 is 0. The number of aryl methyl sites for hydroxylation is 1. The highest BCUT2D eigenvalue weighted by atomic mass is 16.6. The Bertz CT molecular complexity index is 963. The molecule has 0 saturated carbocycles. The molecule has 1 N–H and O–H groups in total. The molecular formula is C21H21NO5. The molecule has 27 heavy (non-hydrogen) atoms. The van der Waals surface area contributed by atoms with Crippen molar-refractivity contribution in [1.82, 2.24) is 5.16 Å². The second-order valence-electron chi connectivity index (χ2n) is 6.36. The summed E-state index contributed by atoms with van der Waals surface area (Å²) in [7, 11) is 1.60. The average Bonchev–Trinajstić information content (AvgIpc) is 3.18. The van der Waals surface area contributed by atoms with Crippen molar-refractivity contribution in [3.63, 3.8) is 0 Å². The molecule has 1 aliphatic heterocycles. The number of hydrogen-bond donors (Lipinski definition) is 1. The molecule has 3 aromatic rings. The van der Waals surface area contributed by atoms with Crippen molar-refractivity contribution >= 4 is 0 Å². The second-order valence-corrected chi connectivity index (χ2v) is 6.36. The Hall–Kier alpha value is -3.15. The fraction of sp³-hybridized carbons (Fsp3) is 0.286. The summed E-state index contributed by atoms with van der Waals surface area (Å²) in [5.41, 5.74) is 3.25. The van der Waals surface area contributed by atoms with Crippen LogP contribution in [-0.2, 0) is 6.42 Å². The van der Waals surface area contributed by atoms with E-state index in [9.17, 15) is 5.11 Å². The van der Waals surface area contributed by atoms with Crippen LogP contribution in [0.15, 0.2) is 41.1 Å². The molecule has 0 atom stereocenters. The van der Waals surface area contributed by atoms with Crippen LogP contribution in [-0.4, -0.2) is 30.6 Å². The van der Waals surface area contributed by atoms with Crippen LogP contribution in [0.4, 0.5) is 0 Å². The van der Waals surface area contributed by atoms with Gasteiger partial charge in [0.15, 0.2) is 17.3 Å². The minimum absolute atomic E-state index is 0.0854. The molecule has 0 aliphatic carbocycles. The third kappa shape index (κ3) is 3.18. The number of aromatic nitrogens is 1. The minimum atomic E-state index is 0.0854. The van der Waals surface area contributed by atoms with Gasteiger partial charge in [-0.1, -0.05) is 24.6 Å². The molecule has 2 aromatic carbocycles. The summed E-state index contributed by atoms with van der Waals surface area (Å²) in [6.07, 6.45) is 3.44. The topological polar surface area (TPSA) is 74.0 Å². The average molecular weight is 367 g/mol. The Morgan fingerprint density at radius 2 is 1.89 bits per heavy atom. The Labute approximate surface area is 157 Å².